The molecule has 10 heteroatoms. The Balaban J connectivity index is 1.55. The van der Waals surface area contributed by atoms with E-state index in [9.17, 15) is 14.9 Å². The zero-order valence-corrected chi connectivity index (χ0v) is 19.7. The van der Waals surface area contributed by atoms with Crippen LogP contribution in [0.1, 0.15) is 22.5 Å². The Hall–Kier alpha value is -2.81. The second-order valence-electron chi connectivity index (χ2n) is 6.97. The predicted molar refractivity (Wildman–Crippen MR) is 130 cm³/mol. The van der Waals surface area contributed by atoms with E-state index in [-0.39, 0.29) is 17.3 Å². The number of hydrogen-bond donors (Lipinski definition) is 1. The maximum absolute atomic E-state index is 12.1. The van der Waals surface area contributed by atoms with E-state index >= 15 is 0 Å². The van der Waals surface area contributed by atoms with Crippen molar-refractivity contribution < 1.29 is 9.72 Å². The minimum Gasteiger partial charge on any atom is -0.316 e. The molecule has 2 aromatic carbocycles. The SMILES string of the molecule is Cc1cc(/C=N/NC(=O)CSCc2ccc([N+](=O)[O-])cc2)c(C)n1-c1ccc(Cl)cc1Cl. The van der Waals surface area contributed by atoms with Crippen LogP contribution in [-0.2, 0) is 10.5 Å². The van der Waals surface area contributed by atoms with Crippen molar-refractivity contribution in [3.63, 3.8) is 0 Å². The number of nitrogens with zero attached hydrogens (tertiary/aromatic N) is 3. The molecule has 166 valence electrons. The molecule has 0 radical (unpaired) electrons. The highest BCUT2D eigenvalue weighted by Crippen LogP contribution is 2.28. The van der Waals surface area contributed by atoms with Crippen molar-refractivity contribution in [1.29, 1.82) is 0 Å². The number of carbonyl (C=O) groups is 1. The molecule has 1 aromatic heterocycles. The number of nitrogens with one attached hydrogen (secondary N) is 1. The van der Waals surface area contributed by atoms with Gasteiger partial charge in [0, 0.05) is 39.9 Å². The summed E-state index contributed by atoms with van der Waals surface area (Å²) in [7, 11) is 0. The van der Waals surface area contributed by atoms with Gasteiger partial charge in [-0.2, -0.15) is 5.10 Å². The molecule has 32 heavy (non-hydrogen) atoms. The number of carbonyl (C=O) groups excluding carboxylic acids is 1. The molecule has 1 heterocycles. The van der Waals surface area contributed by atoms with Crippen LogP contribution in [0.2, 0.25) is 10.0 Å². The van der Waals surface area contributed by atoms with Gasteiger partial charge in [0.25, 0.3) is 5.69 Å². The molecule has 0 unspecified atom stereocenters. The lowest BCUT2D eigenvalue weighted by atomic mass is 10.2. The quantitative estimate of drug-likeness (QED) is 0.249. The molecule has 0 saturated carbocycles. The Bertz CT molecular complexity index is 1180. The van der Waals surface area contributed by atoms with Gasteiger partial charge in [-0.05, 0) is 43.7 Å². The van der Waals surface area contributed by atoms with Crippen LogP contribution in [0.15, 0.2) is 53.6 Å². The Labute approximate surface area is 199 Å². The van der Waals surface area contributed by atoms with Gasteiger partial charge in [-0.3, -0.25) is 14.9 Å². The van der Waals surface area contributed by atoms with Gasteiger partial charge in [0.1, 0.15) is 0 Å². The lowest BCUT2D eigenvalue weighted by Gasteiger charge is -2.11. The van der Waals surface area contributed by atoms with E-state index in [0.717, 1.165) is 28.2 Å². The largest absolute Gasteiger partial charge is 0.316 e. The van der Waals surface area contributed by atoms with E-state index in [1.54, 1.807) is 30.5 Å². The number of thioether (sulfide) groups is 1. The smallest absolute Gasteiger partial charge is 0.269 e. The van der Waals surface area contributed by atoms with Crippen LogP contribution in [0.5, 0.6) is 0 Å². The van der Waals surface area contributed by atoms with Gasteiger partial charge in [-0.15, -0.1) is 11.8 Å². The summed E-state index contributed by atoms with van der Waals surface area (Å²) >= 11 is 13.7. The third kappa shape index (κ3) is 5.91. The average molecular weight is 491 g/mol. The van der Waals surface area contributed by atoms with Gasteiger partial charge >= 0.3 is 0 Å². The molecule has 0 aliphatic heterocycles. The average Bonchev–Trinajstić information content (AvgIpc) is 3.02. The predicted octanol–water partition coefficient (Wildman–Crippen LogP) is 5.69. The number of nitro groups is 1. The van der Waals surface area contributed by atoms with E-state index in [4.69, 9.17) is 23.2 Å². The molecule has 0 bridgehead atoms. The highest BCUT2D eigenvalue weighted by atomic mass is 35.5. The Morgan fingerprint density at radius 1 is 1.19 bits per heavy atom. The monoisotopic (exact) mass is 490 g/mol. The summed E-state index contributed by atoms with van der Waals surface area (Å²) in [5.74, 6) is 0.550. The van der Waals surface area contributed by atoms with Crippen molar-refractivity contribution in [2.24, 2.45) is 5.10 Å². The van der Waals surface area contributed by atoms with Gasteiger partial charge in [0.15, 0.2) is 0 Å². The second kappa shape index (κ2) is 10.7. The Morgan fingerprint density at radius 2 is 1.91 bits per heavy atom. The molecule has 0 aliphatic rings. The summed E-state index contributed by atoms with van der Waals surface area (Å²) in [6.45, 7) is 3.91. The Kier molecular flexibility index (Phi) is 7.95. The summed E-state index contributed by atoms with van der Waals surface area (Å²) in [6.07, 6.45) is 1.60. The maximum atomic E-state index is 12.1. The molecule has 0 saturated heterocycles. The highest BCUT2D eigenvalue weighted by molar-refractivity contribution is 7.99. The Morgan fingerprint density at radius 3 is 2.56 bits per heavy atom. The molecule has 0 fully saturated rings. The number of amides is 1. The van der Waals surface area contributed by atoms with Gasteiger partial charge in [0.05, 0.1) is 27.6 Å². The molecule has 1 amide bonds. The first kappa shape index (κ1) is 23.8. The number of non-ortho nitro benzene ring substituents is 1. The van der Waals surface area contributed by atoms with Crippen LogP contribution in [0.4, 0.5) is 5.69 Å². The van der Waals surface area contributed by atoms with Crippen LogP contribution >= 0.6 is 35.0 Å². The van der Waals surface area contributed by atoms with Gasteiger partial charge in [-0.25, -0.2) is 5.43 Å². The van der Waals surface area contributed by atoms with Crippen molar-refractivity contribution in [2.75, 3.05) is 5.75 Å². The first-order valence-corrected chi connectivity index (χ1v) is 11.4. The lowest BCUT2D eigenvalue weighted by molar-refractivity contribution is -0.384. The fourth-order valence-corrected chi connectivity index (χ4v) is 4.41. The van der Waals surface area contributed by atoms with Crippen molar-refractivity contribution in [1.82, 2.24) is 9.99 Å². The number of halogens is 2. The summed E-state index contributed by atoms with van der Waals surface area (Å²) in [6, 6.07) is 13.6. The van der Waals surface area contributed by atoms with Crippen molar-refractivity contribution in [2.45, 2.75) is 19.6 Å². The van der Waals surface area contributed by atoms with Crippen LogP contribution in [-0.4, -0.2) is 27.4 Å². The van der Waals surface area contributed by atoms with Crippen molar-refractivity contribution in [3.8, 4) is 5.69 Å². The summed E-state index contributed by atoms with van der Waals surface area (Å²) < 4.78 is 2.00. The maximum Gasteiger partial charge on any atom is 0.269 e. The number of aryl methyl sites for hydroxylation is 1. The molecule has 1 N–H and O–H groups in total. The topological polar surface area (TPSA) is 89.5 Å². The number of rotatable bonds is 8. The van der Waals surface area contributed by atoms with Gasteiger partial charge in [0.2, 0.25) is 5.91 Å². The van der Waals surface area contributed by atoms with Crippen LogP contribution in [0, 0.1) is 24.0 Å². The first-order chi connectivity index (χ1) is 15.3. The number of hydrogen-bond acceptors (Lipinski definition) is 5. The molecule has 3 rings (SSSR count). The summed E-state index contributed by atoms with van der Waals surface area (Å²) in [5, 5.41) is 15.9. The standard InChI is InChI=1S/C22H20Cl2N4O3S/c1-14-9-17(15(2)27(14)21-8-5-18(23)10-20(21)24)11-25-26-22(29)13-32-12-16-3-6-19(7-4-16)28(30)31/h3-11H,12-13H2,1-2H3,(H,26,29)/b25-11+. The third-order valence-electron chi connectivity index (χ3n) is 4.66. The molecule has 0 spiro atoms. The van der Waals surface area contributed by atoms with Crippen molar-refractivity contribution in [3.05, 3.63) is 91.2 Å². The molecular weight excluding hydrogens is 471 g/mol. The normalized spacial score (nSPS) is 11.1. The summed E-state index contributed by atoms with van der Waals surface area (Å²) in [5.41, 5.74) is 7.05. The molecule has 3 aromatic rings. The fraction of sp³-hybridized carbons (Fsp3) is 0.182. The minimum absolute atomic E-state index is 0.0449. The highest BCUT2D eigenvalue weighted by Gasteiger charge is 2.12. The third-order valence-corrected chi connectivity index (χ3v) is 6.20. The second-order valence-corrected chi connectivity index (χ2v) is 8.80. The van der Waals surface area contributed by atoms with Crippen LogP contribution in [0.25, 0.3) is 5.69 Å². The number of nitro benzene ring substituents is 1. The van der Waals surface area contributed by atoms with E-state index in [2.05, 4.69) is 10.5 Å². The fourth-order valence-electron chi connectivity index (χ4n) is 3.13. The number of benzene rings is 2. The first-order valence-electron chi connectivity index (χ1n) is 9.53. The zero-order valence-electron chi connectivity index (χ0n) is 17.3. The molecule has 0 aliphatic carbocycles. The zero-order chi connectivity index (χ0) is 23.3. The van der Waals surface area contributed by atoms with Gasteiger partial charge < -0.3 is 4.57 Å². The molecular formula is C22H20Cl2N4O3S. The minimum atomic E-state index is -0.441. The van der Waals surface area contributed by atoms with Crippen LogP contribution in [0.3, 0.4) is 0 Å². The van der Waals surface area contributed by atoms with Crippen LogP contribution < -0.4 is 5.43 Å². The van der Waals surface area contributed by atoms with Crippen molar-refractivity contribution >= 4 is 52.8 Å². The van der Waals surface area contributed by atoms with E-state index in [1.807, 2.05) is 30.5 Å². The number of aromatic nitrogens is 1. The number of hydrazone groups is 1. The molecule has 0 atom stereocenters. The lowest BCUT2D eigenvalue weighted by Crippen LogP contribution is -2.19. The molecule has 7 nitrogen and oxygen atoms in total. The van der Waals surface area contributed by atoms with E-state index in [0.29, 0.717) is 15.8 Å². The van der Waals surface area contributed by atoms with E-state index in [1.165, 1.54) is 23.9 Å². The van der Waals surface area contributed by atoms with Gasteiger partial charge in [-0.1, -0.05) is 35.3 Å². The summed E-state index contributed by atoms with van der Waals surface area (Å²) in [4.78, 5) is 22.3. The van der Waals surface area contributed by atoms with E-state index < -0.39 is 4.92 Å².